The molecule has 12 aromatic rings. The summed E-state index contributed by atoms with van der Waals surface area (Å²) in [6, 6.07) is 65.6. The zero-order valence-electron chi connectivity index (χ0n) is 29.1. The van der Waals surface area contributed by atoms with Crippen LogP contribution in [0.4, 0.5) is 0 Å². The van der Waals surface area contributed by atoms with E-state index in [0.29, 0.717) is 5.95 Å². The molecule has 0 aliphatic carbocycles. The molecular formula is C50H30N4. The maximum Gasteiger partial charge on any atom is 0.235 e. The predicted octanol–water partition coefficient (Wildman–Crippen LogP) is 13.0. The van der Waals surface area contributed by atoms with Crippen molar-refractivity contribution in [1.29, 1.82) is 0 Å². The van der Waals surface area contributed by atoms with Gasteiger partial charge in [0.1, 0.15) is 0 Å². The van der Waals surface area contributed by atoms with Crippen LogP contribution in [0.2, 0.25) is 0 Å². The number of aromatic nitrogens is 4. The fraction of sp³-hybridized carbons (Fsp3) is 0. The standard InChI is InChI=1S/C50H30N4/c1-2-13-33-27-36(22-21-31(33)11-1)48-41-18-7-9-19-44(41)51-50(52-48)54-46-26-24-37(30-43(46)42-28-34-14-3-4-15-35(34)29-47(42)54)53-45-20-10-8-17-39(45)40-25-23-32-12-5-6-16-38(32)49(40)53/h1-30H. The maximum atomic E-state index is 5.44. The number of benzene rings is 9. The predicted molar refractivity (Wildman–Crippen MR) is 226 cm³/mol. The Bertz CT molecular complexity index is 3510. The molecule has 4 nitrogen and oxygen atoms in total. The van der Waals surface area contributed by atoms with Crippen LogP contribution in [0.1, 0.15) is 0 Å². The average molecular weight is 687 g/mol. The molecule has 0 fully saturated rings. The van der Waals surface area contributed by atoms with Gasteiger partial charge < -0.3 is 4.57 Å². The first kappa shape index (κ1) is 29.3. The van der Waals surface area contributed by atoms with E-state index in [2.05, 4.69) is 191 Å². The summed E-state index contributed by atoms with van der Waals surface area (Å²) >= 11 is 0. The zero-order chi connectivity index (χ0) is 35.3. The molecule has 0 N–H and O–H groups in total. The Kier molecular flexibility index (Phi) is 6.02. The molecule has 12 rings (SSSR count). The molecule has 0 aliphatic heterocycles. The van der Waals surface area contributed by atoms with Gasteiger partial charge in [0.25, 0.3) is 0 Å². The minimum Gasteiger partial charge on any atom is -0.309 e. The lowest BCUT2D eigenvalue weighted by molar-refractivity contribution is 1.01. The minimum absolute atomic E-state index is 0.655. The third kappa shape index (κ3) is 4.19. The molecule has 9 aromatic carbocycles. The summed E-state index contributed by atoms with van der Waals surface area (Å²) in [5, 5.41) is 13.1. The second-order valence-corrected chi connectivity index (χ2v) is 14.2. The Morgan fingerprint density at radius 3 is 1.81 bits per heavy atom. The molecule has 3 aromatic heterocycles. The largest absolute Gasteiger partial charge is 0.309 e. The van der Waals surface area contributed by atoms with E-state index in [-0.39, 0.29) is 0 Å². The molecule has 0 saturated heterocycles. The molecule has 3 heterocycles. The molecule has 0 amide bonds. The van der Waals surface area contributed by atoms with Gasteiger partial charge in [-0.25, -0.2) is 9.97 Å². The second-order valence-electron chi connectivity index (χ2n) is 14.2. The average Bonchev–Trinajstić information content (AvgIpc) is 3.74. The Labute approximate surface area is 309 Å². The first-order chi connectivity index (χ1) is 26.8. The van der Waals surface area contributed by atoms with Crippen LogP contribution in [0.15, 0.2) is 182 Å². The highest BCUT2D eigenvalue weighted by Crippen LogP contribution is 2.40. The van der Waals surface area contributed by atoms with Gasteiger partial charge in [0, 0.05) is 43.6 Å². The van der Waals surface area contributed by atoms with Gasteiger partial charge in [-0.2, -0.15) is 0 Å². The zero-order valence-corrected chi connectivity index (χ0v) is 29.1. The van der Waals surface area contributed by atoms with Crippen molar-refractivity contribution in [1.82, 2.24) is 19.1 Å². The molecule has 4 heteroatoms. The van der Waals surface area contributed by atoms with E-state index in [9.17, 15) is 0 Å². The Morgan fingerprint density at radius 1 is 0.333 bits per heavy atom. The minimum atomic E-state index is 0.655. The molecule has 0 atom stereocenters. The van der Waals surface area contributed by atoms with Crippen molar-refractivity contribution in [2.75, 3.05) is 0 Å². The molecule has 54 heavy (non-hydrogen) atoms. The van der Waals surface area contributed by atoms with E-state index in [0.717, 1.165) is 44.3 Å². The monoisotopic (exact) mass is 686 g/mol. The fourth-order valence-corrected chi connectivity index (χ4v) is 8.77. The number of nitrogens with zero attached hydrogens (tertiary/aromatic N) is 4. The maximum absolute atomic E-state index is 5.44. The van der Waals surface area contributed by atoms with Crippen LogP contribution >= 0.6 is 0 Å². The van der Waals surface area contributed by atoms with Crippen LogP contribution in [-0.4, -0.2) is 19.1 Å². The molecule has 0 saturated carbocycles. The number of hydrogen-bond donors (Lipinski definition) is 0. The van der Waals surface area contributed by atoms with Crippen molar-refractivity contribution in [2.24, 2.45) is 0 Å². The van der Waals surface area contributed by atoms with E-state index < -0.39 is 0 Å². The summed E-state index contributed by atoms with van der Waals surface area (Å²) in [5.41, 5.74) is 8.58. The first-order valence-electron chi connectivity index (χ1n) is 18.4. The van der Waals surface area contributed by atoms with Crippen molar-refractivity contribution in [2.45, 2.75) is 0 Å². The van der Waals surface area contributed by atoms with E-state index >= 15 is 0 Å². The normalized spacial score (nSPS) is 12.1. The molecule has 0 aliphatic rings. The van der Waals surface area contributed by atoms with Crippen molar-refractivity contribution < 1.29 is 0 Å². The van der Waals surface area contributed by atoms with E-state index in [4.69, 9.17) is 9.97 Å². The highest BCUT2D eigenvalue weighted by molar-refractivity contribution is 6.19. The number of fused-ring (bicyclic) bond motifs is 11. The van der Waals surface area contributed by atoms with E-state index in [1.165, 1.54) is 59.5 Å². The summed E-state index contributed by atoms with van der Waals surface area (Å²) in [6.07, 6.45) is 0. The molecule has 250 valence electrons. The van der Waals surface area contributed by atoms with Gasteiger partial charge in [-0.15, -0.1) is 0 Å². The summed E-state index contributed by atoms with van der Waals surface area (Å²) in [6.45, 7) is 0. The first-order valence-corrected chi connectivity index (χ1v) is 18.4. The van der Waals surface area contributed by atoms with Gasteiger partial charge in [0.2, 0.25) is 5.95 Å². The lowest BCUT2D eigenvalue weighted by Crippen LogP contribution is -2.03. The van der Waals surface area contributed by atoms with Gasteiger partial charge in [0.15, 0.2) is 0 Å². The lowest BCUT2D eigenvalue weighted by Gasteiger charge is -2.13. The summed E-state index contributed by atoms with van der Waals surface area (Å²) in [7, 11) is 0. The van der Waals surface area contributed by atoms with Gasteiger partial charge in [0.05, 0.1) is 33.3 Å². The van der Waals surface area contributed by atoms with Crippen LogP contribution in [0.25, 0.3) is 110 Å². The van der Waals surface area contributed by atoms with E-state index in [1.54, 1.807) is 0 Å². The SMILES string of the molecule is c1ccc2cc(-c3nc(-n4c5ccc(-n6c7ccccc7c7ccc8ccccc8c76)cc5c5cc6ccccc6cc54)nc4ccccc34)ccc2c1. The van der Waals surface area contributed by atoms with Gasteiger partial charge in [-0.3, -0.25) is 4.57 Å². The van der Waals surface area contributed by atoms with Crippen LogP contribution in [0.3, 0.4) is 0 Å². The topological polar surface area (TPSA) is 35.6 Å². The van der Waals surface area contributed by atoms with Crippen molar-refractivity contribution >= 4 is 86.8 Å². The van der Waals surface area contributed by atoms with Crippen LogP contribution in [0, 0.1) is 0 Å². The molecular weight excluding hydrogens is 657 g/mol. The molecule has 0 bridgehead atoms. The molecule has 0 unspecified atom stereocenters. The van der Waals surface area contributed by atoms with Gasteiger partial charge >= 0.3 is 0 Å². The number of hydrogen-bond acceptors (Lipinski definition) is 2. The number of para-hydroxylation sites is 2. The highest BCUT2D eigenvalue weighted by atomic mass is 15.2. The smallest absolute Gasteiger partial charge is 0.235 e. The lowest BCUT2D eigenvalue weighted by atomic mass is 10.0. The summed E-state index contributed by atoms with van der Waals surface area (Å²) in [5.74, 6) is 0.655. The highest BCUT2D eigenvalue weighted by Gasteiger charge is 2.21. The van der Waals surface area contributed by atoms with Gasteiger partial charge in [-0.1, -0.05) is 133 Å². The summed E-state index contributed by atoms with van der Waals surface area (Å²) < 4.78 is 4.71. The quantitative estimate of drug-likeness (QED) is 0.185. The molecule has 0 radical (unpaired) electrons. The Hall–Kier alpha value is -7.30. The van der Waals surface area contributed by atoms with Gasteiger partial charge in [-0.05, 0) is 75.5 Å². The Balaban J connectivity index is 1.18. The van der Waals surface area contributed by atoms with Crippen molar-refractivity contribution in [3.8, 4) is 22.9 Å². The van der Waals surface area contributed by atoms with Crippen molar-refractivity contribution in [3.63, 3.8) is 0 Å². The van der Waals surface area contributed by atoms with E-state index in [1.807, 2.05) is 0 Å². The summed E-state index contributed by atoms with van der Waals surface area (Å²) in [4.78, 5) is 10.7. The van der Waals surface area contributed by atoms with Crippen LogP contribution < -0.4 is 0 Å². The Morgan fingerprint density at radius 2 is 0.963 bits per heavy atom. The van der Waals surface area contributed by atoms with Crippen molar-refractivity contribution in [3.05, 3.63) is 182 Å². The second kappa shape index (κ2) is 11.1. The van der Waals surface area contributed by atoms with Crippen LogP contribution in [-0.2, 0) is 0 Å². The number of rotatable bonds is 3. The fourth-order valence-electron chi connectivity index (χ4n) is 8.77. The third-order valence-electron chi connectivity index (χ3n) is 11.2. The molecule has 0 spiro atoms. The third-order valence-corrected chi connectivity index (χ3v) is 11.2. The van der Waals surface area contributed by atoms with Crippen LogP contribution in [0.5, 0.6) is 0 Å².